The highest BCUT2D eigenvalue weighted by Gasteiger charge is 2.27. The van der Waals surface area contributed by atoms with Crippen molar-refractivity contribution in [1.82, 2.24) is 0 Å². The Kier molecular flexibility index (Phi) is 5.02. The summed E-state index contributed by atoms with van der Waals surface area (Å²) >= 11 is 2.88. The lowest BCUT2D eigenvalue weighted by Gasteiger charge is -2.11. The fraction of sp³-hybridized carbons (Fsp3) is 0.300. The second-order valence-electron chi connectivity index (χ2n) is 3.69. The number of carbonyl (C=O) groups is 1. The molecule has 6 nitrogen and oxygen atoms in total. The zero-order valence-electron chi connectivity index (χ0n) is 9.38. The highest BCUT2D eigenvalue weighted by Crippen LogP contribution is 2.25. The molecule has 0 fully saturated rings. The van der Waals surface area contributed by atoms with E-state index in [0.29, 0.717) is 0 Å². The average molecular weight is 357 g/mol. The molecular formula is C10H10BrFO6S. The summed E-state index contributed by atoms with van der Waals surface area (Å²) in [4.78, 5) is 9.95. The van der Waals surface area contributed by atoms with Gasteiger partial charge in [-0.1, -0.05) is 15.9 Å². The quantitative estimate of drug-likeness (QED) is 0.704. The number of aliphatic hydroxyl groups is 2. The third-order valence-corrected chi connectivity index (χ3v) is 4.44. The number of benzene rings is 1. The molecule has 1 aromatic carbocycles. The number of sulfone groups is 1. The molecule has 0 spiro atoms. The number of aliphatic hydroxyl groups excluding tert-OH is 2. The van der Waals surface area contributed by atoms with Gasteiger partial charge in [0.25, 0.3) is 0 Å². The molecule has 106 valence electrons. The third kappa shape index (κ3) is 3.72. The fourth-order valence-electron chi connectivity index (χ4n) is 1.34. The predicted molar refractivity (Wildman–Crippen MR) is 66.2 cm³/mol. The van der Waals surface area contributed by atoms with Crippen molar-refractivity contribution < 1.29 is 32.9 Å². The van der Waals surface area contributed by atoms with Crippen LogP contribution in [0.2, 0.25) is 0 Å². The van der Waals surface area contributed by atoms with Crippen LogP contribution in [0.15, 0.2) is 21.5 Å². The molecule has 0 aliphatic heterocycles. The summed E-state index contributed by atoms with van der Waals surface area (Å²) < 4.78 is 37.5. The number of hydrogen-bond acceptors (Lipinski definition) is 5. The predicted octanol–water partition coefficient (Wildman–Crippen LogP) is 0.413. The molecule has 0 heterocycles. The minimum Gasteiger partial charge on any atom is -0.478 e. The van der Waals surface area contributed by atoms with Crippen molar-refractivity contribution in [2.24, 2.45) is 0 Å². The molecule has 1 aromatic rings. The summed E-state index contributed by atoms with van der Waals surface area (Å²) in [5.74, 6) is -3.92. The molecule has 1 rings (SSSR count). The lowest BCUT2D eigenvalue weighted by atomic mass is 10.2. The minimum absolute atomic E-state index is 0.0726. The van der Waals surface area contributed by atoms with Crippen LogP contribution < -0.4 is 0 Å². The van der Waals surface area contributed by atoms with Gasteiger partial charge in [-0.15, -0.1) is 0 Å². The van der Waals surface area contributed by atoms with E-state index in [0.717, 1.165) is 12.1 Å². The van der Waals surface area contributed by atoms with Crippen LogP contribution in [-0.4, -0.2) is 48.2 Å². The minimum atomic E-state index is -4.26. The first-order valence-corrected chi connectivity index (χ1v) is 7.37. The van der Waals surface area contributed by atoms with Crippen LogP contribution in [0, 0.1) is 5.82 Å². The SMILES string of the molecule is O=C(O)c1cc(Br)cc(S(=O)(=O)CC(O)CO)c1F. The zero-order chi connectivity index (χ0) is 14.8. The standard InChI is InChI=1S/C10H10BrFO6S/c11-5-1-7(10(15)16)9(12)8(2-5)19(17,18)4-6(14)3-13/h1-2,6,13-14H,3-4H2,(H,15,16). The van der Waals surface area contributed by atoms with Crippen molar-refractivity contribution in [1.29, 1.82) is 0 Å². The Hall–Kier alpha value is -1.03. The molecule has 0 aliphatic carbocycles. The first-order valence-electron chi connectivity index (χ1n) is 4.93. The molecule has 9 heteroatoms. The van der Waals surface area contributed by atoms with E-state index in [1.165, 1.54) is 0 Å². The van der Waals surface area contributed by atoms with E-state index in [1.54, 1.807) is 0 Å². The van der Waals surface area contributed by atoms with E-state index >= 15 is 0 Å². The van der Waals surface area contributed by atoms with Crippen LogP contribution in [0.4, 0.5) is 4.39 Å². The molecule has 0 bridgehead atoms. The highest BCUT2D eigenvalue weighted by molar-refractivity contribution is 9.10. The maximum absolute atomic E-state index is 13.8. The normalized spacial score (nSPS) is 13.3. The van der Waals surface area contributed by atoms with E-state index < -0.39 is 50.5 Å². The van der Waals surface area contributed by atoms with Crippen LogP contribution in [0.5, 0.6) is 0 Å². The second kappa shape index (κ2) is 5.95. The van der Waals surface area contributed by atoms with Gasteiger partial charge in [-0.25, -0.2) is 17.6 Å². The van der Waals surface area contributed by atoms with Crippen molar-refractivity contribution >= 4 is 31.7 Å². The third-order valence-electron chi connectivity index (χ3n) is 2.19. The largest absolute Gasteiger partial charge is 0.478 e. The van der Waals surface area contributed by atoms with Gasteiger partial charge < -0.3 is 15.3 Å². The molecule has 0 saturated carbocycles. The summed E-state index contributed by atoms with van der Waals surface area (Å²) in [6, 6.07) is 1.83. The van der Waals surface area contributed by atoms with Crippen LogP contribution in [0.3, 0.4) is 0 Å². The van der Waals surface area contributed by atoms with Crippen LogP contribution >= 0.6 is 15.9 Å². The summed E-state index contributed by atoms with van der Waals surface area (Å²) in [5.41, 5.74) is -0.800. The fourth-order valence-corrected chi connectivity index (χ4v) is 3.43. The number of rotatable bonds is 5. The Bertz CT molecular complexity index is 600. The van der Waals surface area contributed by atoms with Crippen LogP contribution in [0.1, 0.15) is 10.4 Å². The van der Waals surface area contributed by atoms with E-state index in [4.69, 9.17) is 15.3 Å². The molecule has 1 unspecified atom stereocenters. The van der Waals surface area contributed by atoms with Crippen molar-refractivity contribution in [3.8, 4) is 0 Å². The summed E-state index contributed by atoms with van der Waals surface area (Å²) in [5, 5.41) is 26.5. The van der Waals surface area contributed by atoms with Gasteiger partial charge in [0, 0.05) is 4.47 Å². The second-order valence-corrected chi connectivity index (χ2v) is 6.61. The number of halogens is 2. The molecule has 0 amide bonds. The first-order chi connectivity index (χ1) is 8.69. The van der Waals surface area contributed by atoms with Gasteiger partial charge in [-0.05, 0) is 12.1 Å². The van der Waals surface area contributed by atoms with Gasteiger partial charge in [0.2, 0.25) is 0 Å². The van der Waals surface area contributed by atoms with Crippen molar-refractivity contribution in [3.05, 3.63) is 28.0 Å². The van der Waals surface area contributed by atoms with E-state index in [2.05, 4.69) is 15.9 Å². The van der Waals surface area contributed by atoms with Gasteiger partial charge in [0.1, 0.15) is 4.90 Å². The van der Waals surface area contributed by atoms with E-state index in [9.17, 15) is 17.6 Å². The summed E-state index contributed by atoms with van der Waals surface area (Å²) in [7, 11) is -4.26. The number of hydrogen-bond donors (Lipinski definition) is 3. The van der Waals surface area contributed by atoms with Gasteiger partial charge in [0.05, 0.1) is 24.0 Å². The number of carboxylic acids is 1. The molecule has 0 radical (unpaired) electrons. The smallest absolute Gasteiger partial charge is 0.338 e. The number of carboxylic acid groups (broad SMARTS) is 1. The number of aromatic carboxylic acids is 1. The Balaban J connectivity index is 3.39. The van der Waals surface area contributed by atoms with Crippen LogP contribution in [-0.2, 0) is 9.84 Å². The Morgan fingerprint density at radius 2 is 2.00 bits per heavy atom. The lowest BCUT2D eigenvalue weighted by molar-refractivity contribution is 0.0691. The Labute approximate surface area is 116 Å². The topological polar surface area (TPSA) is 112 Å². The zero-order valence-corrected chi connectivity index (χ0v) is 11.8. The lowest BCUT2D eigenvalue weighted by Crippen LogP contribution is -2.25. The maximum Gasteiger partial charge on any atom is 0.338 e. The van der Waals surface area contributed by atoms with Crippen LogP contribution in [0.25, 0.3) is 0 Å². The van der Waals surface area contributed by atoms with E-state index in [1.807, 2.05) is 0 Å². The summed E-state index contributed by atoms with van der Waals surface area (Å²) in [6.45, 7) is -0.805. The Morgan fingerprint density at radius 1 is 1.42 bits per heavy atom. The highest BCUT2D eigenvalue weighted by atomic mass is 79.9. The van der Waals surface area contributed by atoms with Gasteiger partial charge in [0.15, 0.2) is 15.7 Å². The molecule has 3 N–H and O–H groups in total. The van der Waals surface area contributed by atoms with Gasteiger partial charge >= 0.3 is 5.97 Å². The van der Waals surface area contributed by atoms with Crippen molar-refractivity contribution in [2.45, 2.75) is 11.0 Å². The van der Waals surface area contributed by atoms with Crippen molar-refractivity contribution in [3.63, 3.8) is 0 Å². The van der Waals surface area contributed by atoms with E-state index in [-0.39, 0.29) is 4.47 Å². The molecule has 0 aromatic heterocycles. The van der Waals surface area contributed by atoms with Gasteiger partial charge in [-0.3, -0.25) is 0 Å². The van der Waals surface area contributed by atoms with Gasteiger partial charge in [-0.2, -0.15) is 0 Å². The maximum atomic E-state index is 13.8. The molecule has 19 heavy (non-hydrogen) atoms. The Morgan fingerprint density at radius 3 is 2.47 bits per heavy atom. The monoisotopic (exact) mass is 356 g/mol. The molecule has 0 aliphatic rings. The molecule has 1 atom stereocenters. The van der Waals surface area contributed by atoms with Crippen molar-refractivity contribution in [2.75, 3.05) is 12.4 Å². The summed E-state index contributed by atoms with van der Waals surface area (Å²) in [6.07, 6.45) is -1.57. The first kappa shape index (κ1) is 16.0. The molecule has 0 saturated heterocycles. The average Bonchev–Trinajstić information content (AvgIpc) is 2.30. The molecular weight excluding hydrogens is 347 g/mol.